The van der Waals surface area contributed by atoms with Crippen molar-refractivity contribution in [3.8, 4) is 5.75 Å². The fraction of sp³-hybridized carbons (Fsp3) is 0.462. The predicted molar refractivity (Wildman–Crippen MR) is 69.0 cm³/mol. The Balaban J connectivity index is 2.85. The van der Waals surface area contributed by atoms with E-state index in [2.05, 4.69) is 5.32 Å². The quantitative estimate of drug-likeness (QED) is 0.868. The normalized spacial score (nSPS) is 13.0. The van der Waals surface area contributed by atoms with Crippen molar-refractivity contribution in [2.24, 2.45) is 11.1 Å². The van der Waals surface area contributed by atoms with E-state index in [1.807, 2.05) is 20.8 Å². The minimum atomic E-state index is -0.674. The first kappa shape index (κ1) is 14.4. The van der Waals surface area contributed by atoms with E-state index in [4.69, 9.17) is 10.5 Å². The largest absolute Gasteiger partial charge is 0.497 e. The van der Waals surface area contributed by atoms with Gasteiger partial charge in [-0.2, -0.15) is 0 Å². The van der Waals surface area contributed by atoms with Gasteiger partial charge in [0.25, 0.3) is 0 Å². The Kier molecular flexibility index (Phi) is 4.29. The average molecular weight is 254 g/mol. The molecule has 5 heteroatoms. The third-order valence-electron chi connectivity index (χ3n) is 2.59. The first-order chi connectivity index (χ1) is 8.24. The highest BCUT2D eigenvalue weighted by Gasteiger charge is 2.27. The van der Waals surface area contributed by atoms with Crippen molar-refractivity contribution in [3.05, 3.63) is 24.0 Å². The SMILES string of the molecule is COc1cc(F)cc(NC(=O)[C@H](N)C(C)(C)C)c1. The van der Waals surface area contributed by atoms with E-state index in [0.717, 1.165) is 0 Å². The first-order valence-electron chi connectivity index (χ1n) is 5.65. The molecule has 0 bridgehead atoms. The van der Waals surface area contributed by atoms with Crippen LogP contribution in [0.4, 0.5) is 10.1 Å². The Morgan fingerprint density at radius 3 is 2.50 bits per heavy atom. The summed E-state index contributed by atoms with van der Waals surface area (Å²) in [5.41, 5.74) is 5.78. The molecule has 0 aliphatic rings. The van der Waals surface area contributed by atoms with Gasteiger partial charge in [-0.05, 0) is 11.5 Å². The minimum absolute atomic E-state index is 0.330. The Morgan fingerprint density at radius 1 is 1.39 bits per heavy atom. The van der Waals surface area contributed by atoms with Crippen molar-refractivity contribution >= 4 is 11.6 Å². The molecule has 0 saturated carbocycles. The van der Waals surface area contributed by atoms with Gasteiger partial charge in [-0.1, -0.05) is 20.8 Å². The molecular weight excluding hydrogens is 235 g/mol. The molecule has 4 nitrogen and oxygen atoms in total. The molecule has 1 aromatic carbocycles. The van der Waals surface area contributed by atoms with Gasteiger partial charge in [-0.3, -0.25) is 4.79 Å². The van der Waals surface area contributed by atoms with E-state index in [0.29, 0.717) is 11.4 Å². The van der Waals surface area contributed by atoms with Gasteiger partial charge in [0, 0.05) is 17.8 Å². The van der Waals surface area contributed by atoms with Crippen LogP contribution in [0.1, 0.15) is 20.8 Å². The number of hydrogen-bond acceptors (Lipinski definition) is 3. The van der Waals surface area contributed by atoms with Crippen molar-refractivity contribution in [1.29, 1.82) is 0 Å². The Morgan fingerprint density at radius 2 is 2.00 bits per heavy atom. The second kappa shape index (κ2) is 5.35. The molecule has 0 spiro atoms. The summed E-state index contributed by atoms with van der Waals surface area (Å²) in [7, 11) is 1.43. The molecule has 0 aliphatic heterocycles. The molecule has 1 amide bonds. The van der Waals surface area contributed by atoms with Crippen molar-refractivity contribution < 1.29 is 13.9 Å². The number of methoxy groups -OCH3 is 1. The number of nitrogens with two attached hydrogens (primary N) is 1. The van der Waals surface area contributed by atoms with Crippen molar-refractivity contribution in [2.75, 3.05) is 12.4 Å². The standard InChI is InChI=1S/C13H19FN2O2/c1-13(2,3)11(15)12(17)16-9-5-8(14)6-10(7-9)18-4/h5-7,11H,15H2,1-4H3,(H,16,17)/t11-/m0/s1. The topological polar surface area (TPSA) is 64.3 Å². The lowest BCUT2D eigenvalue weighted by Crippen LogP contribution is -2.45. The zero-order chi connectivity index (χ0) is 13.9. The van der Waals surface area contributed by atoms with Crippen LogP contribution >= 0.6 is 0 Å². The van der Waals surface area contributed by atoms with E-state index in [1.54, 1.807) is 0 Å². The monoisotopic (exact) mass is 254 g/mol. The molecule has 0 radical (unpaired) electrons. The van der Waals surface area contributed by atoms with E-state index >= 15 is 0 Å². The van der Waals surface area contributed by atoms with E-state index in [9.17, 15) is 9.18 Å². The number of ether oxygens (including phenoxy) is 1. The second-order valence-corrected chi connectivity index (χ2v) is 5.21. The zero-order valence-corrected chi connectivity index (χ0v) is 11.1. The molecule has 0 aliphatic carbocycles. The number of hydrogen-bond donors (Lipinski definition) is 2. The fourth-order valence-corrected chi connectivity index (χ4v) is 1.37. The average Bonchev–Trinajstić information content (AvgIpc) is 2.25. The lowest BCUT2D eigenvalue weighted by atomic mass is 9.87. The van der Waals surface area contributed by atoms with Crippen molar-refractivity contribution in [3.63, 3.8) is 0 Å². The fourth-order valence-electron chi connectivity index (χ4n) is 1.37. The lowest BCUT2D eigenvalue weighted by Gasteiger charge is -2.25. The van der Waals surface area contributed by atoms with Crippen molar-refractivity contribution in [1.82, 2.24) is 0 Å². The molecule has 0 unspecified atom stereocenters. The lowest BCUT2D eigenvalue weighted by molar-refractivity contribution is -0.119. The van der Waals surface area contributed by atoms with Crippen LogP contribution in [0.2, 0.25) is 0 Å². The van der Waals surface area contributed by atoms with Crippen LogP contribution in [0.25, 0.3) is 0 Å². The van der Waals surface area contributed by atoms with Gasteiger partial charge in [0.15, 0.2) is 0 Å². The number of halogens is 1. The van der Waals surface area contributed by atoms with Crippen LogP contribution in [0.15, 0.2) is 18.2 Å². The summed E-state index contributed by atoms with van der Waals surface area (Å²) in [6, 6.07) is 3.32. The maximum Gasteiger partial charge on any atom is 0.241 e. The number of carbonyl (C=O) groups is 1. The zero-order valence-electron chi connectivity index (χ0n) is 11.1. The number of nitrogens with one attached hydrogen (secondary N) is 1. The maximum absolute atomic E-state index is 13.2. The van der Waals surface area contributed by atoms with Crippen LogP contribution in [0, 0.1) is 11.2 Å². The summed E-state index contributed by atoms with van der Waals surface area (Å²) >= 11 is 0. The van der Waals surface area contributed by atoms with Crippen molar-refractivity contribution in [2.45, 2.75) is 26.8 Å². The number of rotatable bonds is 3. The highest BCUT2D eigenvalue weighted by Crippen LogP contribution is 2.22. The molecule has 0 saturated heterocycles. The van der Waals surface area contributed by atoms with Crippen LogP contribution in [-0.4, -0.2) is 19.1 Å². The number of anilines is 1. The minimum Gasteiger partial charge on any atom is -0.497 e. The molecule has 100 valence electrons. The van der Waals surface area contributed by atoms with Gasteiger partial charge in [-0.15, -0.1) is 0 Å². The third kappa shape index (κ3) is 3.70. The van der Waals surface area contributed by atoms with Gasteiger partial charge >= 0.3 is 0 Å². The van der Waals surface area contributed by atoms with Crippen LogP contribution in [-0.2, 0) is 4.79 Å². The molecule has 18 heavy (non-hydrogen) atoms. The molecular formula is C13H19FN2O2. The Hall–Kier alpha value is -1.62. The van der Waals surface area contributed by atoms with E-state index in [1.165, 1.54) is 25.3 Å². The molecule has 1 aromatic rings. The summed E-state index contributed by atoms with van der Waals surface area (Å²) in [4.78, 5) is 11.9. The molecule has 1 rings (SSSR count). The molecule has 1 atom stereocenters. The predicted octanol–water partition coefficient (Wildman–Crippen LogP) is 2.15. The summed E-state index contributed by atoms with van der Waals surface area (Å²) < 4.78 is 18.2. The molecule has 3 N–H and O–H groups in total. The summed E-state index contributed by atoms with van der Waals surface area (Å²) in [5, 5.41) is 2.58. The van der Waals surface area contributed by atoms with Gasteiger partial charge < -0.3 is 15.8 Å². The first-order valence-corrected chi connectivity index (χ1v) is 5.65. The second-order valence-electron chi connectivity index (χ2n) is 5.21. The van der Waals surface area contributed by atoms with Gasteiger partial charge in [-0.25, -0.2) is 4.39 Å². The van der Waals surface area contributed by atoms with Gasteiger partial charge in [0.05, 0.1) is 13.2 Å². The van der Waals surface area contributed by atoms with Crippen LogP contribution in [0.3, 0.4) is 0 Å². The van der Waals surface area contributed by atoms with Gasteiger partial charge in [0.1, 0.15) is 11.6 Å². The maximum atomic E-state index is 13.2. The van der Waals surface area contributed by atoms with Crippen LogP contribution in [0.5, 0.6) is 5.75 Å². The number of benzene rings is 1. The number of carbonyl (C=O) groups excluding carboxylic acids is 1. The summed E-state index contributed by atoms with van der Waals surface area (Å²) in [6.07, 6.45) is 0. The van der Waals surface area contributed by atoms with Crippen LogP contribution < -0.4 is 15.8 Å². The molecule has 0 fully saturated rings. The third-order valence-corrected chi connectivity index (χ3v) is 2.59. The highest BCUT2D eigenvalue weighted by atomic mass is 19.1. The van der Waals surface area contributed by atoms with E-state index in [-0.39, 0.29) is 11.3 Å². The Bertz CT molecular complexity index is 441. The van der Waals surface area contributed by atoms with E-state index < -0.39 is 11.9 Å². The summed E-state index contributed by atoms with van der Waals surface area (Å²) in [5.74, 6) is -0.487. The smallest absolute Gasteiger partial charge is 0.241 e. The summed E-state index contributed by atoms with van der Waals surface area (Å²) in [6.45, 7) is 5.59. The van der Waals surface area contributed by atoms with Gasteiger partial charge in [0.2, 0.25) is 5.91 Å². The molecule has 0 aromatic heterocycles. The number of amides is 1. The molecule has 0 heterocycles. The highest BCUT2D eigenvalue weighted by molar-refractivity contribution is 5.95. The Labute approximate surface area is 106 Å².